The predicted octanol–water partition coefficient (Wildman–Crippen LogP) is 2.54. The molecule has 9 heteroatoms. The molecule has 0 radical (unpaired) electrons. The molecule has 0 aliphatic carbocycles. The van der Waals surface area contributed by atoms with E-state index in [-0.39, 0.29) is 0 Å². The highest BCUT2D eigenvalue weighted by molar-refractivity contribution is 7.15. The molecule has 0 bridgehead atoms. The summed E-state index contributed by atoms with van der Waals surface area (Å²) in [6.45, 7) is 1.67. The second-order valence-corrected chi connectivity index (χ2v) is 6.16. The summed E-state index contributed by atoms with van der Waals surface area (Å²) in [5.74, 6) is -3.65. The van der Waals surface area contributed by atoms with Crippen molar-refractivity contribution in [2.24, 2.45) is 0 Å². The smallest absolute Gasteiger partial charge is 0.414 e. The molecule has 3 rings (SSSR count). The molecule has 3 aromatic rings. The monoisotopic (exact) mass is 381 g/mol. The number of carboxylic acid groups (broad SMARTS) is 2. The first kappa shape index (κ1) is 18.9. The van der Waals surface area contributed by atoms with Crippen LogP contribution in [0, 0.1) is 0 Å². The van der Waals surface area contributed by atoms with E-state index < -0.39 is 11.9 Å². The number of hydrogen-bond donors (Lipinski definition) is 3. The Balaban J connectivity index is 0.000000326. The maximum Gasteiger partial charge on any atom is 0.414 e. The van der Waals surface area contributed by atoms with E-state index in [0.29, 0.717) is 5.15 Å². The fourth-order valence-corrected chi connectivity index (χ4v) is 3.07. The first-order chi connectivity index (χ1) is 12.0. The summed E-state index contributed by atoms with van der Waals surface area (Å²) in [6, 6.07) is 10.5. The minimum Gasteiger partial charge on any atom is -0.473 e. The summed E-state index contributed by atoms with van der Waals surface area (Å²) >= 11 is 7.74. The van der Waals surface area contributed by atoms with Crippen LogP contribution in [0.2, 0.25) is 5.15 Å². The van der Waals surface area contributed by atoms with Crippen LogP contribution in [0.15, 0.2) is 41.9 Å². The quantitative estimate of drug-likeness (QED) is 0.463. The lowest BCUT2D eigenvalue weighted by atomic mass is 10.1. The van der Waals surface area contributed by atoms with Crippen LogP contribution < -0.4 is 5.32 Å². The van der Waals surface area contributed by atoms with Crippen LogP contribution >= 0.6 is 22.9 Å². The Morgan fingerprint density at radius 3 is 2.52 bits per heavy atom. The number of carbonyl (C=O) groups is 2. The van der Waals surface area contributed by atoms with Crippen LogP contribution in [0.1, 0.15) is 11.3 Å². The van der Waals surface area contributed by atoms with E-state index in [2.05, 4.69) is 34.6 Å². The lowest BCUT2D eigenvalue weighted by Crippen LogP contribution is -2.17. The first-order valence-electron chi connectivity index (χ1n) is 7.30. The van der Waals surface area contributed by atoms with E-state index in [1.54, 1.807) is 11.3 Å². The zero-order valence-electron chi connectivity index (χ0n) is 13.1. The molecule has 0 aliphatic heterocycles. The Bertz CT molecular complexity index is 836. The Kier molecular flexibility index (Phi) is 6.93. The van der Waals surface area contributed by atoms with E-state index in [0.717, 1.165) is 30.2 Å². The molecule has 0 amide bonds. The molecule has 0 saturated heterocycles. The maximum absolute atomic E-state index is 9.10. The van der Waals surface area contributed by atoms with Gasteiger partial charge in [0.25, 0.3) is 0 Å². The third-order valence-electron chi connectivity index (χ3n) is 3.22. The number of aliphatic carboxylic acids is 2. The van der Waals surface area contributed by atoms with Crippen molar-refractivity contribution < 1.29 is 19.8 Å². The molecular weight excluding hydrogens is 366 g/mol. The molecule has 3 N–H and O–H groups in total. The van der Waals surface area contributed by atoms with Gasteiger partial charge in [0.15, 0.2) is 10.1 Å². The average molecular weight is 382 g/mol. The van der Waals surface area contributed by atoms with E-state index in [4.69, 9.17) is 31.4 Å². The number of benzene rings is 1. The standard InChI is InChI=1S/C14H14ClN3S.C2H2O4/c15-13-12(18-8-9-19-14(18)17-13)10-16-7-6-11-4-2-1-3-5-11;3-1(4)2(5)6/h1-5,8-9,16H,6-7,10H2;(H,3,4)(H,5,6). The normalized spacial score (nSPS) is 10.3. The van der Waals surface area contributed by atoms with E-state index >= 15 is 0 Å². The van der Waals surface area contributed by atoms with Gasteiger partial charge in [0, 0.05) is 18.1 Å². The van der Waals surface area contributed by atoms with Gasteiger partial charge >= 0.3 is 11.9 Å². The lowest BCUT2D eigenvalue weighted by molar-refractivity contribution is -0.159. The number of thiazole rings is 1. The molecule has 2 heterocycles. The molecule has 2 aromatic heterocycles. The number of carboxylic acids is 2. The van der Waals surface area contributed by atoms with E-state index in [1.165, 1.54) is 5.56 Å². The summed E-state index contributed by atoms with van der Waals surface area (Å²) in [7, 11) is 0. The first-order valence-corrected chi connectivity index (χ1v) is 8.55. The summed E-state index contributed by atoms with van der Waals surface area (Å²) in [4.78, 5) is 23.5. The van der Waals surface area contributed by atoms with Crippen LogP contribution in [0.4, 0.5) is 0 Å². The molecule has 0 unspecified atom stereocenters. The zero-order valence-corrected chi connectivity index (χ0v) is 14.6. The molecule has 1 aromatic carbocycles. The highest BCUT2D eigenvalue weighted by atomic mass is 35.5. The highest BCUT2D eigenvalue weighted by Gasteiger charge is 2.10. The summed E-state index contributed by atoms with van der Waals surface area (Å²) in [6.07, 6.45) is 3.02. The lowest BCUT2D eigenvalue weighted by Gasteiger charge is -2.04. The van der Waals surface area contributed by atoms with Crippen molar-refractivity contribution >= 4 is 39.8 Å². The maximum atomic E-state index is 9.10. The number of hydrogen-bond acceptors (Lipinski definition) is 5. The fraction of sp³-hybridized carbons (Fsp3) is 0.188. The Morgan fingerprint density at radius 2 is 1.88 bits per heavy atom. The largest absolute Gasteiger partial charge is 0.473 e. The molecule has 0 aliphatic rings. The number of nitrogens with one attached hydrogen (secondary N) is 1. The molecule has 0 fully saturated rings. The topological polar surface area (TPSA) is 104 Å². The van der Waals surface area contributed by atoms with Crippen LogP contribution in [0.3, 0.4) is 0 Å². The van der Waals surface area contributed by atoms with Gasteiger partial charge in [-0.25, -0.2) is 14.6 Å². The van der Waals surface area contributed by atoms with Gasteiger partial charge in [0.1, 0.15) is 0 Å². The third kappa shape index (κ3) is 5.56. The van der Waals surface area contributed by atoms with Gasteiger partial charge < -0.3 is 15.5 Å². The number of fused-ring (bicyclic) bond motifs is 1. The van der Waals surface area contributed by atoms with Crippen molar-refractivity contribution in [2.45, 2.75) is 13.0 Å². The molecule has 25 heavy (non-hydrogen) atoms. The Morgan fingerprint density at radius 1 is 1.20 bits per heavy atom. The van der Waals surface area contributed by atoms with Gasteiger partial charge in [-0.1, -0.05) is 41.9 Å². The van der Waals surface area contributed by atoms with Gasteiger partial charge in [-0.05, 0) is 18.5 Å². The summed E-state index contributed by atoms with van der Waals surface area (Å²) < 4.78 is 2.04. The second kappa shape index (κ2) is 9.16. The third-order valence-corrected chi connectivity index (χ3v) is 4.28. The molecule has 7 nitrogen and oxygen atoms in total. The Hall–Kier alpha value is -2.42. The molecule has 0 spiro atoms. The van der Waals surface area contributed by atoms with Crippen molar-refractivity contribution in [1.29, 1.82) is 0 Å². The zero-order chi connectivity index (χ0) is 18.2. The van der Waals surface area contributed by atoms with E-state index in [1.807, 2.05) is 22.0 Å². The molecular formula is C16H16ClN3O4S. The van der Waals surface area contributed by atoms with Gasteiger partial charge in [-0.3, -0.25) is 4.40 Å². The van der Waals surface area contributed by atoms with Crippen molar-refractivity contribution in [3.63, 3.8) is 0 Å². The summed E-state index contributed by atoms with van der Waals surface area (Å²) in [5.41, 5.74) is 2.38. The molecule has 0 atom stereocenters. The molecule has 132 valence electrons. The van der Waals surface area contributed by atoms with Crippen molar-refractivity contribution in [1.82, 2.24) is 14.7 Å². The second-order valence-electron chi connectivity index (χ2n) is 4.93. The number of halogens is 1. The predicted molar refractivity (Wildman–Crippen MR) is 95.2 cm³/mol. The van der Waals surface area contributed by atoms with Gasteiger partial charge in [0.05, 0.1) is 5.69 Å². The molecule has 0 saturated carbocycles. The van der Waals surface area contributed by atoms with Crippen molar-refractivity contribution in [2.75, 3.05) is 6.54 Å². The summed E-state index contributed by atoms with van der Waals surface area (Å²) in [5, 5.41) is 20.8. The van der Waals surface area contributed by atoms with Crippen LogP contribution in [0.25, 0.3) is 4.96 Å². The van der Waals surface area contributed by atoms with Crippen LogP contribution in [0.5, 0.6) is 0 Å². The fourth-order valence-electron chi connectivity index (χ4n) is 2.05. The van der Waals surface area contributed by atoms with Gasteiger partial charge in [0.2, 0.25) is 0 Å². The average Bonchev–Trinajstić information content (AvgIpc) is 3.14. The Labute approximate surface area is 152 Å². The van der Waals surface area contributed by atoms with E-state index in [9.17, 15) is 0 Å². The van der Waals surface area contributed by atoms with Gasteiger partial charge in [-0.2, -0.15) is 0 Å². The van der Waals surface area contributed by atoms with Crippen molar-refractivity contribution in [3.8, 4) is 0 Å². The van der Waals surface area contributed by atoms with Crippen molar-refractivity contribution in [3.05, 3.63) is 58.3 Å². The van der Waals surface area contributed by atoms with Crippen LogP contribution in [-0.2, 0) is 22.6 Å². The number of imidazole rings is 1. The number of aromatic nitrogens is 2. The number of nitrogens with zero attached hydrogens (tertiary/aromatic N) is 2. The SMILES string of the molecule is Clc1nc2sccn2c1CNCCc1ccccc1.O=C(O)C(=O)O. The van der Waals surface area contributed by atoms with Crippen LogP contribution in [-0.4, -0.2) is 38.1 Å². The number of rotatable bonds is 5. The minimum absolute atomic E-state index is 0.596. The van der Waals surface area contributed by atoms with Gasteiger partial charge in [-0.15, -0.1) is 11.3 Å². The minimum atomic E-state index is -1.82. The highest BCUT2D eigenvalue weighted by Crippen LogP contribution is 2.20.